The molecule has 0 unspecified atom stereocenters. The third-order valence-corrected chi connectivity index (χ3v) is 7.64. The first-order chi connectivity index (χ1) is 17.7. The van der Waals surface area contributed by atoms with Gasteiger partial charge in [-0.2, -0.15) is 0 Å². The lowest BCUT2D eigenvalue weighted by Crippen LogP contribution is -2.53. The van der Waals surface area contributed by atoms with Crippen LogP contribution in [0.15, 0.2) is 42.7 Å². The zero-order valence-corrected chi connectivity index (χ0v) is 21.1. The Labute approximate surface area is 214 Å². The number of benzene rings is 1. The Hall–Kier alpha value is -2.97. The predicted molar refractivity (Wildman–Crippen MR) is 142 cm³/mol. The van der Waals surface area contributed by atoms with Crippen LogP contribution in [0.3, 0.4) is 0 Å². The number of carbonyl (C=O) groups is 2. The van der Waals surface area contributed by atoms with E-state index in [1.807, 2.05) is 29.3 Å². The molecule has 8 nitrogen and oxygen atoms in total. The first kappa shape index (κ1) is 24.7. The van der Waals surface area contributed by atoms with Gasteiger partial charge in [-0.25, -0.2) is 0 Å². The molecule has 8 heteroatoms. The van der Waals surface area contributed by atoms with E-state index in [-0.39, 0.29) is 17.9 Å². The molecule has 0 radical (unpaired) electrons. The average molecular weight is 491 g/mol. The molecule has 3 aliphatic rings. The number of rotatable bonds is 8. The highest BCUT2D eigenvalue weighted by molar-refractivity contribution is 5.95. The Bertz CT molecular complexity index is 1040. The Morgan fingerprint density at radius 3 is 2.58 bits per heavy atom. The lowest BCUT2D eigenvalue weighted by atomic mass is 10.0. The molecule has 0 aliphatic carbocycles. The van der Waals surface area contributed by atoms with Crippen molar-refractivity contribution in [2.24, 2.45) is 0 Å². The van der Waals surface area contributed by atoms with Gasteiger partial charge in [0.25, 0.3) is 5.91 Å². The van der Waals surface area contributed by atoms with Crippen LogP contribution in [-0.2, 0) is 4.79 Å². The van der Waals surface area contributed by atoms with Crippen molar-refractivity contribution < 1.29 is 9.59 Å². The van der Waals surface area contributed by atoms with Gasteiger partial charge in [0.2, 0.25) is 5.91 Å². The number of nitrogens with one attached hydrogen (secondary N) is 2. The molecule has 1 atom stereocenters. The summed E-state index contributed by atoms with van der Waals surface area (Å²) in [5.41, 5.74) is 3.70. The quantitative estimate of drug-likeness (QED) is 0.553. The van der Waals surface area contributed by atoms with Crippen molar-refractivity contribution >= 4 is 17.5 Å². The van der Waals surface area contributed by atoms with Crippen LogP contribution < -0.4 is 15.5 Å². The number of pyridine rings is 1. The van der Waals surface area contributed by atoms with E-state index in [1.54, 1.807) is 6.20 Å². The molecule has 1 aromatic carbocycles. The number of aromatic nitrogens is 1. The maximum Gasteiger partial charge on any atom is 0.252 e. The number of piperazine rings is 1. The van der Waals surface area contributed by atoms with E-state index in [4.69, 9.17) is 0 Å². The normalized spacial score (nSPS) is 20.6. The molecule has 1 aromatic heterocycles. The predicted octanol–water partition coefficient (Wildman–Crippen LogP) is 2.36. The Kier molecular flexibility index (Phi) is 8.13. The van der Waals surface area contributed by atoms with Crippen molar-refractivity contribution in [3.05, 3.63) is 48.3 Å². The largest absolute Gasteiger partial charge is 0.367 e. The molecule has 4 heterocycles. The average Bonchev–Trinajstić information content (AvgIpc) is 3.66. The first-order valence-electron chi connectivity index (χ1n) is 13.5. The molecule has 0 saturated carbocycles. The zero-order chi connectivity index (χ0) is 24.7. The maximum absolute atomic E-state index is 12.8. The summed E-state index contributed by atoms with van der Waals surface area (Å²) in [4.78, 5) is 36.8. The van der Waals surface area contributed by atoms with Gasteiger partial charge in [0.1, 0.15) is 0 Å². The van der Waals surface area contributed by atoms with E-state index in [0.29, 0.717) is 12.1 Å². The minimum absolute atomic E-state index is 0.0102. The van der Waals surface area contributed by atoms with Gasteiger partial charge in [-0.1, -0.05) is 18.2 Å². The Morgan fingerprint density at radius 1 is 1.00 bits per heavy atom. The standard InChI is InChI=1S/C28H38N6O2/c35-27(31-11-6-14-32-12-3-4-13-32)23-19-22(20-29-21-23)24-7-1-2-9-26(24)33-15-17-34(18-16-33)28(36)25-8-5-10-30-25/h1-2,7,9,19-21,25,30H,3-6,8,10-18H2,(H,31,35)/t25-/m1/s1. The van der Waals surface area contributed by atoms with Crippen molar-refractivity contribution in [1.29, 1.82) is 0 Å². The van der Waals surface area contributed by atoms with Crippen molar-refractivity contribution in [1.82, 2.24) is 25.4 Å². The van der Waals surface area contributed by atoms with Crippen molar-refractivity contribution in [3.8, 4) is 11.1 Å². The molecule has 3 aliphatic heterocycles. The van der Waals surface area contributed by atoms with Crippen molar-refractivity contribution in [2.45, 2.75) is 38.1 Å². The van der Waals surface area contributed by atoms with Gasteiger partial charge in [-0.05, 0) is 70.4 Å². The number of para-hydroxylation sites is 1. The molecular formula is C28H38N6O2. The van der Waals surface area contributed by atoms with E-state index < -0.39 is 0 Å². The second-order valence-electron chi connectivity index (χ2n) is 10.1. The van der Waals surface area contributed by atoms with Gasteiger partial charge < -0.3 is 25.3 Å². The number of amides is 2. The molecule has 2 aromatic rings. The van der Waals surface area contributed by atoms with Gasteiger partial charge >= 0.3 is 0 Å². The fourth-order valence-electron chi connectivity index (χ4n) is 5.60. The summed E-state index contributed by atoms with van der Waals surface area (Å²) in [6.45, 7) is 8.06. The summed E-state index contributed by atoms with van der Waals surface area (Å²) in [6, 6.07) is 10.2. The van der Waals surface area contributed by atoms with E-state index in [9.17, 15) is 9.59 Å². The van der Waals surface area contributed by atoms with Crippen LogP contribution in [0.25, 0.3) is 11.1 Å². The van der Waals surface area contributed by atoms with E-state index in [1.165, 1.54) is 25.9 Å². The lowest BCUT2D eigenvalue weighted by Gasteiger charge is -2.38. The molecule has 5 rings (SSSR count). The van der Waals surface area contributed by atoms with E-state index in [2.05, 4.69) is 37.6 Å². The van der Waals surface area contributed by atoms with Crippen molar-refractivity contribution in [2.75, 3.05) is 63.8 Å². The van der Waals surface area contributed by atoms with Gasteiger partial charge in [0, 0.05) is 61.9 Å². The molecule has 2 N–H and O–H groups in total. The van der Waals surface area contributed by atoms with Gasteiger partial charge in [0.15, 0.2) is 0 Å². The smallest absolute Gasteiger partial charge is 0.252 e. The number of anilines is 1. The lowest BCUT2D eigenvalue weighted by molar-refractivity contribution is -0.133. The summed E-state index contributed by atoms with van der Waals surface area (Å²) in [6.07, 6.45) is 9.03. The minimum Gasteiger partial charge on any atom is -0.367 e. The zero-order valence-electron chi connectivity index (χ0n) is 21.1. The molecular weight excluding hydrogens is 452 g/mol. The number of hydrogen-bond donors (Lipinski definition) is 2. The fourth-order valence-corrected chi connectivity index (χ4v) is 5.60. The van der Waals surface area contributed by atoms with Crippen LogP contribution in [0.5, 0.6) is 0 Å². The number of carbonyl (C=O) groups excluding carboxylic acids is 2. The number of likely N-dealkylation sites (tertiary alicyclic amines) is 1. The monoisotopic (exact) mass is 490 g/mol. The second-order valence-corrected chi connectivity index (χ2v) is 10.1. The van der Waals surface area contributed by atoms with Crippen LogP contribution in [0, 0.1) is 0 Å². The Morgan fingerprint density at radius 2 is 1.81 bits per heavy atom. The molecule has 36 heavy (non-hydrogen) atoms. The van der Waals surface area contributed by atoms with Gasteiger partial charge in [-0.15, -0.1) is 0 Å². The van der Waals surface area contributed by atoms with Crippen LogP contribution in [0.1, 0.15) is 42.5 Å². The summed E-state index contributed by atoms with van der Waals surface area (Å²) < 4.78 is 0. The van der Waals surface area contributed by atoms with Gasteiger partial charge in [0.05, 0.1) is 11.6 Å². The number of hydrogen-bond acceptors (Lipinski definition) is 6. The molecule has 3 fully saturated rings. The van der Waals surface area contributed by atoms with Gasteiger partial charge in [-0.3, -0.25) is 14.6 Å². The highest BCUT2D eigenvalue weighted by Crippen LogP contribution is 2.31. The van der Waals surface area contributed by atoms with Crippen molar-refractivity contribution in [3.63, 3.8) is 0 Å². The van der Waals surface area contributed by atoms with Crippen LogP contribution in [0.2, 0.25) is 0 Å². The maximum atomic E-state index is 12.8. The summed E-state index contributed by atoms with van der Waals surface area (Å²) in [5, 5.41) is 6.38. The third kappa shape index (κ3) is 5.87. The molecule has 0 bridgehead atoms. The third-order valence-electron chi connectivity index (χ3n) is 7.64. The first-order valence-corrected chi connectivity index (χ1v) is 13.5. The van der Waals surface area contributed by atoms with Crippen LogP contribution in [-0.4, -0.2) is 91.5 Å². The molecule has 192 valence electrons. The molecule has 2 amide bonds. The molecule has 3 saturated heterocycles. The topological polar surface area (TPSA) is 80.8 Å². The highest BCUT2D eigenvalue weighted by atomic mass is 16.2. The highest BCUT2D eigenvalue weighted by Gasteiger charge is 2.29. The Balaban J connectivity index is 1.20. The summed E-state index contributed by atoms with van der Waals surface area (Å²) >= 11 is 0. The number of nitrogens with zero attached hydrogens (tertiary/aromatic N) is 4. The second kappa shape index (κ2) is 11.8. The summed E-state index contributed by atoms with van der Waals surface area (Å²) in [7, 11) is 0. The van der Waals surface area contributed by atoms with E-state index in [0.717, 1.165) is 75.3 Å². The van der Waals surface area contributed by atoms with E-state index >= 15 is 0 Å². The van der Waals surface area contributed by atoms with Crippen LogP contribution >= 0.6 is 0 Å². The fraction of sp³-hybridized carbons (Fsp3) is 0.536. The SMILES string of the molecule is O=C(NCCCN1CCCC1)c1cncc(-c2ccccc2N2CCN(C(=O)[C@H]3CCCN3)CC2)c1. The summed E-state index contributed by atoms with van der Waals surface area (Å²) in [5.74, 6) is 0.166. The van der Waals surface area contributed by atoms with Crippen LogP contribution in [0.4, 0.5) is 5.69 Å². The molecule has 0 spiro atoms. The minimum atomic E-state index is -0.0732.